The lowest BCUT2D eigenvalue weighted by atomic mass is 10.1. The van der Waals surface area contributed by atoms with Crippen LogP contribution < -0.4 is 15.5 Å². The smallest absolute Gasteiger partial charge is 0.314 e. The zero-order chi connectivity index (χ0) is 21.2. The average Bonchev–Trinajstić information content (AvgIpc) is 2.78. The fraction of sp³-hybridized carbons (Fsp3) is 0.500. The summed E-state index contributed by atoms with van der Waals surface area (Å²) in [5.41, 5.74) is 1.20. The molecule has 2 aromatic rings. The Morgan fingerprint density at radius 2 is 1.73 bits per heavy atom. The molecule has 1 aromatic carbocycles. The topological polar surface area (TPSA) is 76.6 Å². The van der Waals surface area contributed by atoms with Crippen LogP contribution in [-0.4, -0.2) is 85.7 Å². The van der Waals surface area contributed by atoms with E-state index in [4.69, 9.17) is 0 Å². The third-order valence-electron chi connectivity index (χ3n) is 5.41. The molecule has 1 aromatic heterocycles. The minimum absolute atomic E-state index is 0.108. The maximum atomic E-state index is 12.2. The predicted octanol–water partition coefficient (Wildman–Crippen LogP) is 1.59. The van der Waals surface area contributed by atoms with Gasteiger partial charge < -0.3 is 20.4 Å². The monoisotopic (exact) mass is 411 g/mol. The molecule has 3 rings (SSSR count). The number of aromatic nitrogens is 2. The van der Waals surface area contributed by atoms with Crippen molar-refractivity contribution in [3.8, 4) is 0 Å². The van der Waals surface area contributed by atoms with Crippen LogP contribution in [0.15, 0.2) is 48.8 Å². The summed E-state index contributed by atoms with van der Waals surface area (Å²) in [5, 5.41) is 5.98. The van der Waals surface area contributed by atoms with Gasteiger partial charge in [-0.1, -0.05) is 30.3 Å². The van der Waals surface area contributed by atoms with Gasteiger partial charge in [-0.2, -0.15) is 0 Å². The number of urea groups is 1. The van der Waals surface area contributed by atoms with Gasteiger partial charge in [0.15, 0.2) is 0 Å². The van der Waals surface area contributed by atoms with Gasteiger partial charge in [0, 0.05) is 51.7 Å². The summed E-state index contributed by atoms with van der Waals surface area (Å²) in [7, 11) is 4.06. The number of nitrogens with zero attached hydrogens (tertiary/aromatic N) is 5. The Morgan fingerprint density at radius 3 is 2.40 bits per heavy atom. The van der Waals surface area contributed by atoms with Crippen LogP contribution >= 0.6 is 0 Å². The van der Waals surface area contributed by atoms with Crippen molar-refractivity contribution < 1.29 is 4.79 Å². The van der Waals surface area contributed by atoms with Gasteiger partial charge in [0.1, 0.15) is 0 Å². The zero-order valence-electron chi connectivity index (χ0n) is 18.0. The molecule has 8 nitrogen and oxygen atoms in total. The summed E-state index contributed by atoms with van der Waals surface area (Å²) in [6.07, 6.45) is 4.50. The fourth-order valence-corrected chi connectivity index (χ4v) is 3.66. The van der Waals surface area contributed by atoms with Crippen molar-refractivity contribution in [1.82, 2.24) is 30.4 Å². The number of carbonyl (C=O) groups excluding carboxylic acids is 1. The highest BCUT2D eigenvalue weighted by Crippen LogP contribution is 2.16. The first-order chi connectivity index (χ1) is 14.6. The molecule has 0 radical (unpaired) electrons. The van der Waals surface area contributed by atoms with Crippen LogP contribution in [-0.2, 0) is 0 Å². The zero-order valence-corrected chi connectivity index (χ0v) is 18.0. The molecule has 2 amide bonds. The van der Waals surface area contributed by atoms with E-state index in [-0.39, 0.29) is 12.1 Å². The van der Waals surface area contributed by atoms with Crippen molar-refractivity contribution >= 4 is 12.0 Å². The highest BCUT2D eigenvalue weighted by molar-refractivity contribution is 5.73. The van der Waals surface area contributed by atoms with Gasteiger partial charge in [-0.25, -0.2) is 14.8 Å². The molecule has 0 bridgehead atoms. The first kappa shape index (κ1) is 22.0. The number of hydrogen-bond donors (Lipinski definition) is 2. The van der Waals surface area contributed by atoms with E-state index in [9.17, 15) is 4.79 Å². The van der Waals surface area contributed by atoms with Crippen molar-refractivity contribution in [1.29, 1.82) is 0 Å². The van der Waals surface area contributed by atoms with Gasteiger partial charge >= 0.3 is 6.03 Å². The van der Waals surface area contributed by atoms with Gasteiger partial charge in [-0.15, -0.1) is 0 Å². The number of rotatable bonds is 9. The Labute approximate surface area is 179 Å². The molecule has 1 atom stereocenters. The minimum atomic E-state index is -0.108. The number of benzene rings is 1. The Hall–Kier alpha value is -2.71. The summed E-state index contributed by atoms with van der Waals surface area (Å²) in [6.45, 7) is 6.08. The van der Waals surface area contributed by atoms with Crippen LogP contribution in [0, 0.1) is 0 Å². The molecule has 0 saturated carbocycles. The maximum absolute atomic E-state index is 12.2. The number of carbonyl (C=O) groups is 1. The Kier molecular flexibility index (Phi) is 8.41. The molecule has 1 aliphatic heterocycles. The molecule has 1 aliphatic rings. The predicted molar refractivity (Wildman–Crippen MR) is 120 cm³/mol. The summed E-state index contributed by atoms with van der Waals surface area (Å²) < 4.78 is 0. The first-order valence-corrected chi connectivity index (χ1v) is 10.6. The molecule has 1 fully saturated rings. The van der Waals surface area contributed by atoms with Crippen LogP contribution in [0.3, 0.4) is 0 Å². The van der Waals surface area contributed by atoms with E-state index in [0.29, 0.717) is 13.1 Å². The van der Waals surface area contributed by atoms with Crippen LogP contribution in [0.1, 0.15) is 18.0 Å². The second kappa shape index (κ2) is 11.5. The molecule has 1 unspecified atom stereocenters. The maximum Gasteiger partial charge on any atom is 0.314 e. The standard InChI is InChI=1S/C22H33N7O/c1-27(2)20(19-8-4-3-5-9-19)18-26-22(30)25-12-7-13-28-14-16-29(17-15-28)21-23-10-6-11-24-21/h3-6,8-11,20H,7,12-18H2,1-2H3,(H2,25,26,30). The van der Waals surface area contributed by atoms with E-state index in [0.717, 1.165) is 45.1 Å². The van der Waals surface area contributed by atoms with Crippen molar-refractivity contribution in [2.75, 3.05) is 64.8 Å². The van der Waals surface area contributed by atoms with Crippen molar-refractivity contribution in [3.05, 3.63) is 54.4 Å². The third kappa shape index (κ3) is 6.67. The molecule has 8 heteroatoms. The lowest BCUT2D eigenvalue weighted by Gasteiger charge is -2.34. The van der Waals surface area contributed by atoms with E-state index in [1.165, 1.54) is 5.56 Å². The second-order valence-electron chi connectivity index (χ2n) is 7.76. The van der Waals surface area contributed by atoms with Gasteiger partial charge in [0.05, 0.1) is 6.04 Å². The van der Waals surface area contributed by atoms with E-state index >= 15 is 0 Å². The summed E-state index contributed by atoms with van der Waals surface area (Å²) in [6, 6.07) is 12.1. The average molecular weight is 412 g/mol. The molecule has 2 N–H and O–H groups in total. The lowest BCUT2D eigenvalue weighted by Crippen LogP contribution is -2.47. The van der Waals surface area contributed by atoms with E-state index in [1.54, 1.807) is 12.4 Å². The molecule has 162 valence electrons. The number of piperazine rings is 1. The Bertz CT molecular complexity index is 749. The molecule has 2 heterocycles. The van der Waals surface area contributed by atoms with Crippen molar-refractivity contribution in [3.63, 3.8) is 0 Å². The highest BCUT2D eigenvalue weighted by atomic mass is 16.2. The van der Waals surface area contributed by atoms with Crippen LogP contribution in [0.4, 0.5) is 10.7 Å². The number of hydrogen-bond acceptors (Lipinski definition) is 6. The minimum Gasteiger partial charge on any atom is -0.338 e. The normalized spacial score (nSPS) is 15.8. The highest BCUT2D eigenvalue weighted by Gasteiger charge is 2.18. The van der Waals surface area contributed by atoms with E-state index < -0.39 is 0 Å². The number of nitrogens with one attached hydrogen (secondary N) is 2. The van der Waals surface area contributed by atoms with Gasteiger partial charge in [0.25, 0.3) is 0 Å². The van der Waals surface area contributed by atoms with Gasteiger partial charge in [-0.3, -0.25) is 4.90 Å². The summed E-state index contributed by atoms with van der Waals surface area (Å²) in [5.74, 6) is 0.807. The SMILES string of the molecule is CN(C)C(CNC(=O)NCCCN1CCN(c2ncccn2)CC1)c1ccccc1. The fourth-order valence-electron chi connectivity index (χ4n) is 3.66. The van der Waals surface area contributed by atoms with Crippen LogP contribution in [0.25, 0.3) is 0 Å². The lowest BCUT2D eigenvalue weighted by molar-refractivity contribution is 0.229. The van der Waals surface area contributed by atoms with Gasteiger partial charge in [-0.05, 0) is 38.7 Å². The second-order valence-corrected chi connectivity index (χ2v) is 7.76. The van der Waals surface area contributed by atoms with Crippen molar-refractivity contribution in [2.24, 2.45) is 0 Å². The van der Waals surface area contributed by atoms with Crippen molar-refractivity contribution in [2.45, 2.75) is 12.5 Å². The number of likely N-dealkylation sites (N-methyl/N-ethyl adjacent to an activating group) is 1. The van der Waals surface area contributed by atoms with E-state index in [2.05, 4.69) is 47.4 Å². The Morgan fingerprint density at radius 1 is 1.03 bits per heavy atom. The quantitative estimate of drug-likeness (QED) is 0.611. The molecule has 0 aliphatic carbocycles. The van der Waals surface area contributed by atoms with Gasteiger partial charge in [0.2, 0.25) is 5.95 Å². The number of anilines is 1. The summed E-state index contributed by atoms with van der Waals surface area (Å²) in [4.78, 5) is 27.6. The van der Waals surface area contributed by atoms with E-state index in [1.807, 2.05) is 38.4 Å². The largest absolute Gasteiger partial charge is 0.338 e. The molecular formula is C22H33N7O. The molecular weight excluding hydrogens is 378 g/mol. The molecule has 1 saturated heterocycles. The molecule has 30 heavy (non-hydrogen) atoms. The molecule has 0 spiro atoms. The van der Waals surface area contributed by atoms with Crippen LogP contribution in [0.2, 0.25) is 0 Å². The first-order valence-electron chi connectivity index (χ1n) is 10.6. The Balaban J connectivity index is 1.30. The number of amides is 2. The van der Waals surface area contributed by atoms with Crippen LogP contribution in [0.5, 0.6) is 0 Å². The summed E-state index contributed by atoms with van der Waals surface area (Å²) >= 11 is 0. The third-order valence-corrected chi connectivity index (χ3v) is 5.41.